The van der Waals surface area contributed by atoms with Gasteiger partial charge in [0.05, 0.1) is 19.5 Å². The predicted molar refractivity (Wildman–Crippen MR) is 100 cm³/mol. The van der Waals surface area contributed by atoms with Gasteiger partial charge >= 0.3 is 0 Å². The van der Waals surface area contributed by atoms with Gasteiger partial charge in [0.15, 0.2) is 12.1 Å². The van der Waals surface area contributed by atoms with Gasteiger partial charge in [-0.25, -0.2) is 0 Å². The number of benzene rings is 1. The SMILES string of the molecule is CS(=O)(=O)O.OCC1OC2OC3(CCCCC3)OC2C1OCc1ccccc1. The van der Waals surface area contributed by atoms with E-state index in [0.29, 0.717) is 12.9 Å². The fourth-order valence-electron chi connectivity index (χ4n) is 3.84. The molecule has 1 aliphatic carbocycles. The number of hydrogen-bond acceptors (Lipinski definition) is 7. The lowest BCUT2D eigenvalue weighted by atomic mass is 9.94. The Balaban J connectivity index is 0.000000403. The number of fused-ring (bicyclic) bond motifs is 1. The molecule has 3 aliphatic rings. The van der Waals surface area contributed by atoms with Gasteiger partial charge < -0.3 is 24.1 Å². The van der Waals surface area contributed by atoms with E-state index in [1.54, 1.807) is 0 Å². The Bertz CT molecular complexity index is 709. The largest absolute Gasteiger partial charge is 0.394 e. The minimum absolute atomic E-state index is 0.0911. The Hall–Kier alpha value is -1.07. The molecule has 0 aromatic heterocycles. The summed E-state index contributed by atoms with van der Waals surface area (Å²) in [5, 5.41) is 9.57. The van der Waals surface area contributed by atoms with E-state index in [2.05, 4.69) is 0 Å². The zero-order valence-corrected chi connectivity index (χ0v) is 16.7. The van der Waals surface area contributed by atoms with Crippen molar-refractivity contribution in [2.75, 3.05) is 12.9 Å². The van der Waals surface area contributed by atoms with Crippen LogP contribution in [0.4, 0.5) is 0 Å². The van der Waals surface area contributed by atoms with Crippen LogP contribution < -0.4 is 0 Å². The summed E-state index contributed by atoms with van der Waals surface area (Å²) in [4.78, 5) is 0. The summed E-state index contributed by atoms with van der Waals surface area (Å²) in [7, 11) is -3.67. The van der Waals surface area contributed by atoms with Gasteiger partial charge in [0.25, 0.3) is 10.1 Å². The van der Waals surface area contributed by atoms with Crippen LogP contribution >= 0.6 is 0 Å². The van der Waals surface area contributed by atoms with Gasteiger partial charge in [0.2, 0.25) is 0 Å². The summed E-state index contributed by atoms with van der Waals surface area (Å²) < 4.78 is 50.1. The van der Waals surface area contributed by atoms with Crippen LogP contribution in [0, 0.1) is 0 Å². The first kappa shape index (κ1) is 21.6. The van der Waals surface area contributed by atoms with Crippen molar-refractivity contribution < 1.29 is 37.0 Å². The highest BCUT2D eigenvalue weighted by atomic mass is 32.2. The normalized spacial score (nSPS) is 31.2. The molecule has 0 bridgehead atoms. The van der Waals surface area contributed by atoms with Crippen LogP contribution in [0.15, 0.2) is 30.3 Å². The van der Waals surface area contributed by atoms with Gasteiger partial charge in [-0.05, 0) is 18.4 Å². The van der Waals surface area contributed by atoms with Crippen molar-refractivity contribution in [1.82, 2.24) is 0 Å². The maximum Gasteiger partial charge on any atom is 0.261 e. The molecule has 2 N–H and O–H groups in total. The Labute approximate surface area is 165 Å². The van der Waals surface area contributed by atoms with E-state index in [1.165, 1.54) is 6.42 Å². The molecule has 4 atom stereocenters. The molecule has 9 heteroatoms. The van der Waals surface area contributed by atoms with Gasteiger partial charge in [0, 0.05) is 12.8 Å². The average Bonchev–Trinajstić information content (AvgIpc) is 3.13. The Kier molecular flexibility index (Phi) is 7.08. The minimum Gasteiger partial charge on any atom is -0.394 e. The van der Waals surface area contributed by atoms with Gasteiger partial charge in [-0.2, -0.15) is 8.42 Å². The van der Waals surface area contributed by atoms with Crippen LogP contribution in [0.1, 0.15) is 37.7 Å². The zero-order chi connectivity index (χ0) is 20.2. The minimum atomic E-state index is -3.67. The van der Waals surface area contributed by atoms with Crippen molar-refractivity contribution in [2.24, 2.45) is 0 Å². The van der Waals surface area contributed by atoms with E-state index in [4.69, 9.17) is 23.5 Å². The quantitative estimate of drug-likeness (QED) is 0.716. The Morgan fingerprint density at radius 2 is 1.79 bits per heavy atom. The van der Waals surface area contributed by atoms with E-state index >= 15 is 0 Å². The smallest absolute Gasteiger partial charge is 0.261 e. The third-order valence-electron chi connectivity index (χ3n) is 5.03. The molecule has 28 heavy (non-hydrogen) atoms. The molecule has 2 aliphatic heterocycles. The Morgan fingerprint density at radius 1 is 1.14 bits per heavy atom. The average molecular weight is 416 g/mol. The molecular formula is C19H28O8S. The van der Waals surface area contributed by atoms with Gasteiger partial charge in [-0.15, -0.1) is 0 Å². The lowest BCUT2D eigenvalue weighted by Crippen LogP contribution is -2.41. The number of aliphatic hydroxyl groups excluding tert-OH is 1. The second kappa shape index (κ2) is 9.17. The third kappa shape index (κ3) is 5.73. The number of aliphatic hydroxyl groups is 1. The molecular weight excluding hydrogens is 388 g/mol. The van der Waals surface area contributed by atoms with Crippen molar-refractivity contribution >= 4 is 10.1 Å². The van der Waals surface area contributed by atoms with Crippen molar-refractivity contribution in [3.63, 3.8) is 0 Å². The molecule has 2 heterocycles. The fourth-order valence-corrected chi connectivity index (χ4v) is 3.84. The van der Waals surface area contributed by atoms with E-state index in [0.717, 1.165) is 31.2 Å². The number of rotatable bonds is 4. The Morgan fingerprint density at radius 3 is 2.39 bits per heavy atom. The van der Waals surface area contributed by atoms with E-state index in [1.807, 2.05) is 30.3 Å². The topological polar surface area (TPSA) is 112 Å². The van der Waals surface area contributed by atoms with Crippen molar-refractivity contribution in [3.05, 3.63) is 35.9 Å². The highest BCUT2D eigenvalue weighted by Gasteiger charge is 2.58. The number of hydrogen-bond donors (Lipinski definition) is 2. The second-order valence-electron chi connectivity index (χ2n) is 7.39. The summed E-state index contributed by atoms with van der Waals surface area (Å²) in [6, 6.07) is 10.0. The first-order valence-electron chi connectivity index (χ1n) is 9.50. The summed E-state index contributed by atoms with van der Waals surface area (Å²) in [6.07, 6.45) is 4.65. The summed E-state index contributed by atoms with van der Waals surface area (Å²) in [5.74, 6) is -0.498. The summed E-state index contributed by atoms with van der Waals surface area (Å²) >= 11 is 0. The van der Waals surface area contributed by atoms with Crippen molar-refractivity contribution in [1.29, 1.82) is 0 Å². The van der Waals surface area contributed by atoms with E-state index in [9.17, 15) is 13.5 Å². The second-order valence-corrected chi connectivity index (χ2v) is 8.86. The highest BCUT2D eigenvalue weighted by molar-refractivity contribution is 7.85. The fraction of sp³-hybridized carbons (Fsp3) is 0.684. The maximum atomic E-state index is 9.57. The van der Waals surface area contributed by atoms with Gasteiger partial charge in [0.1, 0.15) is 18.3 Å². The zero-order valence-electron chi connectivity index (χ0n) is 15.9. The summed E-state index contributed by atoms with van der Waals surface area (Å²) in [6.45, 7) is 0.386. The molecule has 0 radical (unpaired) electrons. The monoisotopic (exact) mass is 416 g/mol. The van der Waals surface area contributed by atoms with Crippen molar-refractivity contribution in [2.45, 2.75) is 69.1 Å². The van der Waals surface area contributed by atoms with Gasteiger partial charge in [-0.3, -0.25) is 4.55 Å². The predicted octanol–water partition coefficient (Wildman–Crippen LogP) is 1.87. The lowest BCUT2D eigenvalue weighted by molar-refractivity contribution is -0.251. The molecule has 1 aromatic rings. The molecule has 3 fully saturated rings. The molecule has 1 saturated carbocycles. The highest BCUT2D eigenvalue weighted by Crippen LogP contribution is 2.45. The molecule has 2 saturated heterocycles. The van der Waals surface area contributed by atoms with Gasteiger partial charge in [-0.1, -0.05) is 36.8 Å². The molecule has 4 rings (SSSR count). The lowest BCUT2D eigenvalue weighted by Gasteiger charge is -2.33. The molecule has 158 valence electrons. The first-order chi connectivity index (χ1) is 13.3. The molecule has 4 unspecified atom stereocenters. The molecule has 1 aromatic carbocycles. The maximum absolute atomic E-state index is 9.57. The van der Waals surface area contributed by atoms with Crippen LogP contribution in [0.3, 0.4) is 0 Å². The summed E-state index contributed by atoms with van der Waals surface area (Å²) in [5.41, 5.74) is 1.10. The van der Waals surface area contributed by atoms with Crippen LogP contribution in [0.5, 0.6) is 0 Å². The molecule has 1 spiro atoms. The molecule has 8 nitrogen and oxygen atoms in total. The van der Waals surface area contributed by atoms with Crippen LogP contribution in [0.25, 0.3) is 0 Å². The van der Waals surface area contributed by atoms with Crippen LogP contribution in [0.2, 0.25) is 0 Å². The van der Waals surface area contributed by atoms with Crippen LogP contribution in [-0.4, -0.2) is 61.3 Å². The standard InChI is InChI=1S/C18H24O5.CH4O3S/c19-11-14-15(20-12-13-7-3-1-4-8-13)16-17(21-14)23-18(22-16)9-5-2-6-10-18;1-5(2,3)4/h1,3-4,7-8,14-17,19H,2,5-6,9-12H2;1H3,(H,2,3,4). The van der Waals surface area contributed by atoms with E-state index in [-0.39, 0.29) is 18.8 Å². The number of ether oxygens (including phenoxy) is 4. The molecule has 0 amide bonds. The first-order valence-corrected chi connectivity index (χ1v) is 11.3. The van der Waals surface area contributed by atoms with Crippen LogP contribution in [-0.2, 0) is 35.7 Å². The van der Waals surface area contributed by atoms with E-state index < -0.39 is 28.3 Å². The van der Waals surface area contributed by atoms with Crippen molar-refractivity contribution in [3.8, 4) is 0 Å². The third-order valence-corrected chi connectivity index (χ3v) is 5.03.